The van der Waals surface area contributed by atoms with Crippen LogP contribution in [0.25, 0.3) is 0 Å². The summed E-state index contributed by atoms with van der Waals surface area (Å²) >= 11 is 0. The van der Waals surface area contributed by atoms with Gasteiger partial charge in [0, 0.05) is 33.9 Å². The number of methoxy groups -OCH3 is 2. The third-order valence-electron chi connectivity index (χ3n) is 13.3. The van der Waals surface area contributed by atoms with Gasteiger partial charge < -0.3 is 39.8 Å². The average Bonchev–Trinajstić information content (AvgIpc) is 4.00. The van der Waals surface area contributed by atoms with E-state index in [0.717, 1.165) is 38.5 Å². The molecule has 2 bridgehead atoms. The number of carbonyl (C=O) groups is 5. The molecule has 1 saturated carbocycles. The van der Waals surface area contributed by atoms with Crippen LogP contribution in [-0.2, 0) is 33.4 Å². The molecule has 3 unspecified atom stereocenters. The highest BCUT2D eigenvalue weighted by Crippen LogP contribution is 2.43. The molecule has 2 heterocycles. The molecule has 59 heavy (non-hydrogen) atoms. The van der Waals surface area contributed by atoms with E-state index in [1.165, 1.54) is 0 Å². The highest BCUT2D eigenvalue weighted by atomic mass is 16.6. The second kappa shape index (κ2) is 22.2. The molecule has 0 spiro atoms. The standard InChI is InChI=1S/C45H73N5O9/c1-11-13-24-59-45(56)50-33-22-21-32(25-33)39(50)43(54)47-37(27(3)4)44(55)48(8)38(28(5)12-2)35(57-9)26-36(51)49-23-17-20-34(49)41(58-10)29(6)42(53)46-30(7)40(52)31-18-15-14-16-19-31/h14-16,18-19,27-30,32-35,37-41,52H,11-13,17,20-26H2,1-10H3,(H,46,53)(H,47,54)/t28-,29+,30+,32?,33?,34-,35+,37-,38-,39?,40+,41+/m0/s1. The lowest BCUT2D eigenvalue weighted by atomic mass is 9.89. The third-order valence-corrected chi connectivity index (χ3v) is 13.3. The number of rotatable bonds is 21. The number of aliphatic hydroxyl groups is 1. The highest BCUT2D eigenvalue weighted by Gasteiger charge is 2.53. The van der Waals surface area contributed by atoms with Crippen molar-refractivity contribution in [3.8, 4) is 0 Å². The van der Waals surface area contributed by atoms with Crippen LogP contribution in [0.1, 0.15) is 118 Å². The van der Waals surface area contributed by atoms with Gasteiger partial charge >= 0.3 is 6.09 Å². The van der Waals surface area contributed by atoms with E-state index < -0.39 is 54.5 Å². The molecule has 332 valence electrons. The number of unbranched alkanes of at least 4 members (excludes halogenated alkanes) is 1. The second-order valence-electron chi connectivity index (χ2n) is 17.5. The Labute approximate surface area is 352 Å². The first-order chi connectivity index (χ1) is 28.1. The van der Waals surface area contributed by atoms with Crippen LogP contribution >= 0.6 is 0 Å². The van der Waals surface area contributed by atoms with Crippen LogP contribution in [0.3, 0.4) is 0 Å². The van der Waals surface area contributed by atoms with Crippen LogP contribution in [0.2, 0.25) is 0 Å². The van der Waals surface area contributed by atoms with Gasteiger partial charge in [-0.3, -0.25) is 24.1 Å². The molecule has 12 atom stereocenters. The number of aliphatic hydroxyl groups excluding tert-OH is 1. The fourth-order valence-corrected chi connectivity index (χ4v) is 9.62. The summed E-state index contributed by atoms with van der Waals surface area (Å²) in [5.74, 6) is -2.03. The van der Waals surface area contributed by atoms with Gasteiger partial charge in [0.05, 0.1) is 55.4 Å². The Morgan fingerprint density at radius 2 is 1.64 bits per heavy atom. The summed E-state index contributed by atoms with van der Waals surface area (Å²) in [7, 11) is 4.81. The zero-order valence-corrected chi connectivity index (χ0v) is 37.2. The number of likely N-dealkylation sites (N-methyl/N-ethyl adjacent to an activating group) is 1. The molecule has 14 heteroatoms. The summed E-state index contributed by atoms with van der Waals surface area (Å²) in [5.41, 5.74) is 0.702. The predicted octanol–water partition coefficient (Wildman–Crippen LogP) is 5.08. The molecule has 0 radical (unpaired) electrons. The highest BCUT2D eigenvalue weighted by molar-refractivity contribution is 5.92. The average molecular weight is 828 g/mol. The lowest BCUT2D eigenvalue weighted by Gasteiger charge is -2.41. The van der Waals surface area contributed by atoms with Crippen molar-refractivity contribution in [2.24, 2.45) is 23.7 Å². The third kappa shape index (κ3) is 11.3. The van der Waals surface area contributed by atoms with Gasteiger partial charge in [0.15, 0.2) is 0 Å². The van der Waals surface area contributed by atoms with Crippen LogP contribution < -0.4 is 10.6 Å². The van der Waals surface area contributed by atoms with Crippen LogP contribution in [0.15, 0.2) is 30.3 Å². The van der Waals surface area contributed by atoms with Gasteiger partial charge in [-0.2, -0.15) is 0 Å². The van der Waals surface area contributed by atoms with Gasteiger partial charge in [0.25, 0.3) is 0 Å². The van der Waals surface area contributed by atoms with E-state index in [1.54, 1.807) is 49.8 Å². The maximum atomic E-state index is 14.5. The molecule has 3 aliphatic rings. The number of piperidine rings is 1. The lowest BCUT2D eigenvalue weighted by Crippen LogP contribution is -2.60. The van der Waals surface area contributed by atoms with Crippen molar-refractivity contribution in [2.75, 3.05) is 34.4 Å². The van der Waals surface area contributed by atoms with Crippen molar-refractivity contribution in [3.05, 3.63) is 35.9 Å². The van der Waals surface area contributed by atoms with E-state index in [0.29, 0.717) is 31.6 Å². The molecule has 14 nitrogen and oxygen atoms in total. The normalized spacial score (nSPS) is 24.1. The number of hydrogen-bond acceptors (Lipinski definition) is 9. The summed E-state index contributed by atoms with van der Waals surface area (Å²) in [4.78, 5) is 74.6. The summed E-state index contributed by atoms with van der Waals surface area (Å²) < 4.78 is 17.5. The van der Waals surface area contributed by atoms with E-state index in [2.05, 4.69) is 10.6 Å². The molecule has 3 fully saturated rings. The number of amides is 5. The van der Waals surface area contributed by atoms with Crippen molar-refractivity contribution in [1.29, 1.82) is 0 Å². The molecule has 2 saturated heterocycles. The number of nitrogens with one attached hydrogen (secondary N) is 2. The van der Waals surface area contributed by atoms with Crippen LogP contribution in [-0.4, -0.2) is 132 Å². The Balaban J connectivity index is 1.46. The van der Waals surface area contributed by atoms with E-state index in [4.69, 9.17) is 14.2 Å². The number of ether oxygens (including phenoxy) is 3. The first kappa shape index (κ1) is 47.9. The van der Waals surface area contributed by atoms with Crippen molar-refractivity contribution >= 4 is 29.7 Å². The molecule has 1 aromatic rings. The molecular formula is C45H73N5O9. The molecule has 3 N–H and O–H groups in total. The molecule has 4 rings (SSSR count). The number of likely N-dealkylation sites (tertiary alicyclic amines) is 2. The van der Waals surface area contributed by atoms with Crippen LogP contribution in [0, 0.1) is 23.7 Å². The Morgan fingerprint density at radius 1 is 0.949 bits per heavy atom. The van der Waals surface area contributed by atoms with Gasteiger partial charge in [-0.15, -0.1) is 0 Å². The predicted molar refractivity (Wildman–Crippen MR) is 225 cm³/mol. The number of fused-ring (bicyclic) bond motifs is 2. The fraction of sp³-hybridized carbons (Fsp3) is 0.756. The Hall–Kier alpha value is -3.75. The summed E-state index contributed by atoms with van der Waals surface area (Å²) in [5, 5.41) is 16.9. The summed E-state index contributed by atoms with van der Waals surface area (Å²) in [6, 6.07) is 6.12. The smallest absolute Gasteiger partial charge is 0.410 e. The van der Waals surface area contributed by atoms with Gasteiger partial charge in [-0.05, 0) is 68.8 Å². The van der Waals surface area contributed by atoms with E-state index in [9.17, 15) is 29.1 Å². The maximum Gasteiger partial charge on any atom is 0.410 e. The van der Waals surface area contributed by atoms with E-state index in [-0.39, 0.29) is 59.9 Å². The van der Waals surface area contributed by atoms with Gasteiger partial charge in [0.1, 0.15) is 12.1 Å². The Morgan fingerprint density at radius 3 is 2.25 bits per heavy atom. The zero-order valence-electron chi connectivity index (χ0n) is 37.2. The molecule has 2 aliphatic heterocycles. The molecule has 5 amide bonds. The van der Waals surface area contributed by atoms with Crippen molar-refractivity contribution < 1.29 is 43.3 Å². The molecular weight excluding hydrogens is 755 g/mol. The number of hydrogen-bond donors (Lipinski definition) is 3. The quantitative estimate of drug-likeness (QED) is 0.143. The maximum absolute atomic E-state index is 14.5. The van der Waals surface area contributed by atoms with Gasteiger partial charge in [-0.1, -0.05) is 84.7 Å². The first-order valence-electron chi connectivity index (χ1n) is 22.0. The molecule has 1 aromatic carbocycles. The monoisotopic (exact) mass is 828 g/mol. The molecule has 0 aromatic heterocycles. The minimum Gasteiger partial charge on any atom is -0.449 e. The van der Waals surface area contributed by atoms with Crippen LogP contribution in [0.5, 0.6) is 0 Å². The number of nitrogens with zero attached hydrogens (tertiary/aromatic N) is 3. The SMILES string of the molecule is CCCCOC(=O)N1C2CCC(C2)C1C(=O)N[C@H](C(=O)N(C)[C@@H]([C@@H](C)CC)[C@@H](CC(=O)N1CCC[C@H]1[C@H](OC)[C@@H](C)C(=O)N[C@H](C)[C@@H](O)c1ccccc1)OC)C(C)C. The molecule has 1 aliphatic carbocycles. The van der Waals surface area contributed by atoms with Crippen LogP contribution in [0.4, 0.5) is 4.79 Å². The number of benzene rings is 1. The van der Waals surface area contributed by atoms with Gasteiger partial charge in [0.2, 0.25) is 23.6 Å². The van der Waals surface area contributed by atoms with Crippen molar-refractivity contribution in [3.63, 3.8) is 0 Å². The van der Waals surface area contributed by atoms with E-state index >= 15 is 0 Å². The number of carbonyl (C=O) groups excluding carboxylic acids is 5. The fourth-order valence-electron chi connectivity index (χ4n) is 9.62. The zero-order chi connectivity index (χ0) is 43.6. The largest absolute Gasteiger partial charge is 0.449 e. The first-order valence-corrected chi connectivity index (χ1v) is 22.0. The minimum absolute atomic E-state index is 0.00408. The summed E-state index contributed by atoms with van der Waals surface area (Å²) in [6.45, 7) is 14.2. The van der Waals surface area contributed by atoms with Crippen molar-refractivity contribution in [2.45, 2.75) is 161 Å². The van der Waals surface area contributed by atoms with Crippen molar-refractivity contribution in [1.82, 2.24) is 25.3 Å². The topological polar surface area (TPSA) is 167 Å². The Kier molecular flexibility index (Phi) is 18.0. The Bertz CT molecular complexity index is 1550. The minimum atomic E-state index is -0.891. The summed E-state index contributed by atoms with van der Waals surface area (Å²) in [6.07, 6.45) is 3.52. The lowest BCUT2D eigenvalue weighted by molar-refractivity contribution is -0.148. The second-order valence-corrected chi connectivity index (χ2v) is 17.5. The van der Waals surface area contributed by atoms with E-state index in [1.807, 2.05) is 65.0 Å². The van der Waals surface area contributed by atoms with Gasteiger partial charge in [-0.25, -0.2) is 4.79 Å².